The fraction of sp³-hybridized carbons (Fsp3) is 0.167. The maximum absolute atomic E-state index is 13.6. The van der Waals surface area contributed by atoms with Crippen molar-refractivity contribution in [2.24, 2.45) is 0 Å². The Balaban J connectivity index is 3.47. The number of methoxy groups -OCH3 is 1. The van der Waals surface area contributed by atoms with Crippen LogP contribution in [-0.2, 0) is 9.53 Å². The van der Waals surface area contributed by atoms with E-state index in [0.29, 0.717) is 6.07 Å². The first-order valence-electron chi connectivity index (χ1n) is 4.92. The summed E-state index contributed by atoms with van der Waals surface area (Å²) >= 11 is 2.60. The van der Waals surface area contributed by atoms with E-state index in [0.717, 1.165) is 20.3 Å². The number of rotatable bonds is 4. The minimum absolute atomic E-state index is 0.459. The van der Waals surface area contributed by atoms with E-state index in [-0.39, 0.29) is 0 Å². The highest BCUT2D eigenvalue weighted by atomic mass is 79.9. The number of Topliss-reactive ketones (excluding diaryl/α,β-unsaturated/α-hetero) is 2. The highest BCUT2D eigenvalue weighted by Gasteiger charge is 2.27. The average molecular weight is 337 g/mol. The summed E-state index contributed by atoms with van der Waals surface area (Å²) in [7, 11) is 1.16. The summed E-state index contributed by atoms with van der Waals surface area (Å²) in [6.45, 7) is 1.02. The second-order valence-electron chi connectivity index (χ2n) is 3.50. The minimum atomic E-state index is -1.67. The Bertz CT molecular complexity index is 582. The van der Waals surface area contributed by atoms with E-state index in [9.17, 15) is 22.8 Å². The van der Waals surface area contributed by atoms with E-state index in [2.05, 4.69) is 20.7 Å². The fourth-order valence-electron chi connectivity index (χ4n) is 1.32. The lowest BCUT2D eigenvalue weighted by Gasteiger charge is -2.07. The van der Waals surface area contributed by atoms with E-state index >= 15 is 0 Å². The molecule has 0 fully saturated rings. The molecule has 0 heterocycles. The molecule has 0 aliphatic rings. The number of allylic oxidation sites excluding steroid dienone is 1. The summed E-state index contributed by atoms with van der Waals surface area (Å²) in [6.07, 6.45) is 0.753. The van der Waals surface area contributed by atoms with Gasteiger partial charge in [-0.15, -0.1) is 0 Å². The predicted octanol–water partition coefficient (Wildman–Crippen LogP) is 3.17. The zero-order valence-electron chi connectivity index (χ0n) is 9.89. The van der Waals surface area contributed by atoms with E-state index in [1.807, 2.05) is 0 Å². The van der Waals surface area contributed by atoms with Crippen LogP contribution in [0.2, 0.25) is 0 Å². The van der Waals surface area contributed by atoms with Crippen LogP contribution in [-0.4, -0.2) is 18.7 Å². The average Bonchev–Trinajstić information content (AvgIpc) is 2.32. The molecule has 3 nitrogen and oxygen atoms in total. The van der Waals surface area contributed by atoms with Gasteiger partial charge in [-0.3, -0.25) is 9.59 Å². The van der Waals surface area contributed by atoms with E-state index < -0.39 is 44.6 Å². The van der Waals surface area contributed by atoms with Crippen LogP contribution < -0.4 is 0 Å². The Kier molecular flexibility index (Phi) is 4.88. The zero-order valence-corrected chi connectivity index (χ0v) is 11.5. The van der Waals surface area contributed by atoms with Gasteiger partial charge >= 0.3 is 0 Å². The van der Waals surface area contributed by atoms with Crippen LogP contribution >= 0.6 is 15.9 Å². The predicted molar refractivity (Wildman–Crippen MR) is 64.1 cm³/mol. The summed E-state index contributed by atoms with van der Waals surface area (Å²) in [5.41, 5.74) is -1.72. The smallest absolute Gasteiger partial charge is 0.205 e. The Morgan fingerprint density at radius 1 is 1.26 bits per heavy atom. The summed E-state index contributed by atoms with van der Waals surface area (Å²) in [5.74, 6) is -6.39. The molecule has 1 aromatic carbocycles. The van der Waals surface area contributed by atoms with Gasteiger partial charge in [0.1, 0.15) is 5.82 Å². The van der Waals surface area contributed by atoms with Crippen molar-refractivity contribution in [1.82, 2.24) is 0 Å². The van der Waals surface area contributed by atoms with Crippen LogP contribution in [0, 0.1) is 17.5 Å². The maximum Gasteiger partial charge on any atom is 0.205 e. The monoisotopic (exact) mass is 336 g/mol. The molecule has 102 valence electrons. The molecule has 19 heavy (non-hydrogen) atoms. The van der Waals surface area contributed by atoms with Crippen LogP contribution in [0.15, 0.2) is 22.4 Å². The van der Waals surface area contributed by atoms with Gasteiger partial charge in [-0.25, -0.2) is 13.2 Å². The highest BCUT2D eigenvalue weighted by Crippen LogP contribution is 2.26. The lowest BCUT2D eigenvalue weighted by molar-refractivity contribution is -0.113. The van der Waals surface area contributed by atoms with Gasteiger partial charge < -0.3 is 4.74 Å². The quantitative estimate of drug-likeness (QED) is 0.161. The molecule has 0 spiro atoms. The van der Waals surface area contributed by atoms with Crippen LogP contribution in [0.4, 0.5) is 13.2 Å². The third-order valence-corrected chi connectivity index (χ3v) is 2.78. The van der Waals surface area contributed by atoms with Gasteiger partial charge in [0, 0.05) is 0 Å². The SMILES string of the molecule is COC=C(C(C)=O)C(=O)c1c(F)cc(Br)c(F)c1F. The normalized spacial score (nSPS) is 11.4. The number of benzene rings is 1. The molecular weight excluding hydrogens is 329 g/mol. The molecule has 0 amide bonds. The van der Waals surface area contributed by atoms with Crippen molar-refractivity contribution in [1.29, 1.82) is 0 Å². The molecular formula is C12H8BrF3O3. The topological polar surface area (TPSA) is 43.4 Å². The van der Waals surface area contributed by atoms with Gasteiger partial charge in [0.25, 0.3) is 0 Å². The van der Waals surface area contributed by atoms with E-state index in [1.165, 1.54) is 0 Å². The van der Waals surface area contributed by atoms with Crippen molar-refractivity contribution in [3.05, 3.63) is 45.4 Å². The third kappa shape index (κ3) is 3.04. The van der Waals surface area contributed by atoms with Gasteiger partial charge in [-0.05, 0) is 28.9 Å². The van der Waals surface area contributed by atoms with Gasteiger partial charge in [0.2, 0.25) is 5.78 Å². The van der Waals surface area contributed by atoms with Crippen LogP contribution in [0.25, 0.3) is 0 Å². The number of ether oxygens (including phenoxy) is 1. The first-order chi connectivity index (χ1) is 8.81. The second-order valence-corrected chi connectivity index (χ2v) is 4.35. The van der Waals surface area contributed by atoms with Crippen molar-refractivity contribution >= 4 is 27.5 Å². The molecule has 0 saturated carbocycles. The van der Waals surface area contributed by atoms with Gasteiger partial charge in [-0.1, -0.05) is 0 Å². The Hall–Kier alpha value is -1.63. The number of ketones is 2. The Labute approximate surface area is 115 Å². The minimum Gasteiger partial charge on any atom is -0.503 e. The molecule has 0 aliphatic heterocycles. The first kappa shape index (κ1) is 15.4. The van der Waals surface area contributed by atoms with E-state index in [4.69, 9.17) is 0 Å². The lowest BCUT2D eigenvalue weighted by atomic mass is 10.0. The van der Waals surface area contributed by atoms with Crippen LogP contribution in [0.1, 0.15) is 17.3 Å². The summed E-state index contributed by atoms with van der Waals surface area (Å²) in [6, 6.07) is 0.607. The van der Waals surface area contributed by atoms with Gasteiger partial charge in [0.05, 0.1) is 29.0 Å². The molecule has 0 unspecified atom stereocenters. The van der Waals surface area contributed by atoms with Gasteiger partial charge in [0.15, 0.2) is 17.4 Å². The van der Waals surface area contributed by atoms with Crippen molar-refractivity contribution < 1.29 is 27.5 Å². The lowest BCUT2D eigenvalue weighted by Crippen LogP contribution is -2.15. The summed E-state index contributed by atoms with van der Waals surface area (Å²) in [4.78, 5) is 23.1. The molecule has 0 radical (unpaired) electrons. The molecule has 1 aromatic rings. The van der Waals surface area contributed by atoms with Crippen molar-refractivity contribution in [2.45, 2.75) is 6.92 Å². The van der Waals surface area contributed by atoms with Crippen molar-refractivity contribution in [2.75, 3.05) is 7.11 Å². The fourth-order valence-corrected chi connectivity index (χ4v) is 1.70. The maximum atomic E-state index is 13.6. The Morgan fingerprint density at radius 3 is 2.32 bits per heavy atom. The van der Waals surface area contributed by atoms with Crippen molar-refractivity contribution in [3.8, 4) is 0 Å². The third-order valence-electron chi connectivity index (χ3n) is 2.20. The highest BCUT2D eigenvalue weighted by molar-refractivity contribution is 9.10. The zero-order chi connectivity index (χ0) is 14.7. The molecule has 0 bridgehead atoms. The van der Waals surface area contributed by atoms with Crippen LogP contribution in [0.3, 0.4) is 0 Å². The standard InChI is InChI=1S/C12H8BrF3O3/c1-5(17)6(4-19-2)12(18)9-8(14)3-7(13)10(15)11(9)16/h3-4H,1-2H3. The molecule has 0 saturated heterocycles. The number of halogens is 4. The van der Waals surface area contributed by atoms with Crippen LogP contribution in [0.5, 0.6) is 0 Å². The van der Waals surface area contributed by atoms with Crippen molar-refractivity contribution in [3.63, 3.8) is 0 Å². The summed E-state index contributed by atoms with van der Waals surface area (Å²) < 4.78 is 44.5. The molecule has 0 N–H and O–H groups in total. The summed E-state index contributed by atoms with van der Waals surface area (Å²) in [5, 5.41) is 0. The number of carbonyl (C=O) groups excluding carboxylic acids is 2. The molecule has 0 aromatic heterocycles. The number of hydrogen-bond donors (Lipinski definition) is 0. The second kappa shape index (κ2) is 6.01. The molecule has 0 atom stereocenters. The Morgan fingerprint density at radius 2 is 1.84 bits per heavy atom. The molecule has 1 rings (SSSR count). The molecule has 7 heteroatoms. The van der Waals surface area contributed by atoms with Gasteiger partial charge in [-0.2, -0.15) is 0 Å². The largest absolute Gasteiger partial charge is 0.503 e. The number of hydrogen-bond acceptors (Lipinski definition) is 3. The molecule has 0 aliphatic carbocycles. The van der Waals surface area contributed by atoms with E-state index in [1.54, 1.807) is 0 Å². The number of carbonyl (C=O) groups is 2. The first-order valence-corrected chi connectivity index (χ1v) is 5.72.